The molecule has 1 saturated carbocycles. The SMILES string of the molecule is CC(C)CC[C@@H]1C[C@H]2CC[C@H]([C@@H]3C[C@H]([C@H](C)c4ccc(C=O)cc4)N4C[C@]34O)N[C@H]2C1. The zero-order chi connectivity index (χ0) is 21.8. The minimum Gasteiger partial charge on any atom is -0.374 e. The van der Waals surface area contributed by atoms with Crippen LogP contribution in [0.3, 0.4) is 0 Å². The molecule has 1 aromatic rings. The lowest BCUT2D eigenvalue weighted by molar-refractivity contribution is 0.0329. The summed E-state index contributed by atoms with van der Waals surface area (Å²) in [5, 5.41) is 15.5. The van der Waals surface area contributed by atoms with Crippen molar-refractivity contribution in [2.75, 3.05) is 6.54 Å². The summed E-state index contributed by atoms with van der Waals surface area (Å²) in [5.74, 6) is 3.26. The van der Waals surface area contributed by atoms with E-state index in [1.807, 2.05) is 12.1 Å². The highest BCUT2D eigenvalue weighted by atomic mass is 16.3. The third-order valence-corrected chi connectivity index (χ3v) is 9.17. The van der Waals surface area contributed by atoms with Crippen LogP contribution in [0.1, 0.15) is 87.6 Å². The maximum atomic E-state index is 11.4. The summed E-state index contributed by atoms with van der Waals surface area (Å²) in [6.07, 6.45) is 10.0. The van der Waals surface area contributed by atoms with E-state index in [-0.39, 0.29) is 0 Å². The Bertz CT molecular complexity index is 793. The first kappa shape index (κ1) is 21.6. The van der Waals surface area contributed by atoms with Gasteiger partial charge in [-0.15, -0.1) is 0 Å². The minimum atomic E-state index is -0.595. The number of aldehydes is 1. The van der Waals surface area contributed by atoms with Gasteiger partial charge in [0.1, 0.15) is 12.0 Å². The molecule has 3 heterocycles. The molecule has 3 aliphatic heterocycles. The Morgan fingerprint density at radius 3 is 2.61 bits per heavy atom. The number of piperidine rings is 2. The molecular formula is C27H40N2O2. The largest absolute Gasteiger partial charge is 0.374 e. The first-order valence-electron chi connectivity index (χ1n) is 12.7. The molecule has 2 N–H and O–H groups in total. The summed E-state index contributed by atoms with van der Waals surface area (Å²) in [6, 6.07) is 9.51. The lowest BCUT2D eigenvalue weighted by Gasteiger charge is -2.38. The van der Waals surface area contributed by atoms with Crippen molar-refractivity contribution >= 4 is 6.29 Å². The second-order valence-electron chi connectivity index (χ2n) is 11.5. The lowest BCUT2D eigenvalue weighted by atomic mass is 9.79. The molecule has 1 aromatic carbocycles. The first-order valence-corrected chi connectivity index (χ1v) is 12.7. The van der Waals surface area contributed by atoms with Crippen LogP contribution in [0, 0.1) is 23.7 Å². The average Bonchev–Trinajstić information content (AvgIpc) is 3.15. The van der Waals surface area contributed by atoms with Crippen LogP contribution in [-0.4, -0.2) is 46.7 Å². The van der Waals surface area contributed by atoms with Gasteiger partial charge < -0.3 is 10.4 Å². The molecule has 4 aliphatic rings. The van der Waals surface area contributed by atoms with Gasteiger partial charge >= 0.3 is 0 Å². The molecule has 4 nitrogen and oxygen atoms in total. The van der Waals surface area contributed by atoms with Gasteiger partial charge in [-0.3, -0.25) is 9.69 Å². The molecule has 9 atom stereocenters. The molecule has 31 heavy (non-hydrogen) atoms. The highest BCUT2D eigenvalue weighted by Gasteiger charge is 2.67. The van der Waals surface area contributed by atoms with Gasteiger partial charge in [0.15, 0.2) is 0 Å². The number of aliphatic hydroxyl groups is 1. The van der Waals surface area contributed by atoms with E-state index in [2.05, 4.69) is 43.1 Å². The van der Waals surface area contributed by atoms with Gasteiger partial charge in [0, 0.05) is 36.2 Å². The van der Waals surface area contributed by atoms with E-state index in [1.165, 1.54) is 44.1 Å². The van der Waals surface area contributed by atoms with Crippen molar-refractivity contribution < 1.29 is 9.90 Å². The Labute approximate surface area is 187 Å². The molecule has 1 aliphatic carbocycles. The molecule has 5 rings (SSSR count). The monoisotopic (exact) mass is 424 g/mol. The van der Waals surface area contributed by atoms with Crippen molar-refractivity contribution in [3.8, 4) is 0 Å². The molecule has 1 unspecified atom stereocenters. The third-order valence-electron chi connectivity index (χ3n) is 9.17. The quantitative estimate of drug-likeness (QED) is 0.497. The Kier molecular flexibility index (Phi) is 5.77. The number of hydrogen-bond donors (Lipinski definition) is 2. The van der Waals surface area contributed by atoms with Crippen LogP contribution in [0.2, 0.25) is 0 Å². The molecule has 0 amide bonds. The minimum absolute atomic E-state index is 0.338. The molecule has 0 aromatic heterocycles. The summed E-state index contributed by atoms with van der Waals surface area (Å²) in [6.45, 7) is 7.78. The van der Waals surface area contributed by atoms with Gasteiger partial charge in [-0.05, 0) is 61.3 Å². The smallest absolute Gasteiger partial charge is 0.150 e. The highest BCUT2D eigenvalue weighted by molar-refractivity contribution is 5.74. The van der Waals surface area contributed by atoms with Crippen molar-refractivity contribution in [3.05, 3.63) is 35.4 Å². The molecule has 170 valence electrons. The van der Waals surface area contributed by atoms with E-state index in [0.29, 0.717) is 30.0 Å². The number of hydrogen-bond acceptors (Lipinski definition) is 4. The van der Waals surface area contributed by atoms with Gasteiger partial charge in [-0.25, -0.2) is 0 Å². The maximum Gasteiger partial charge on any atom is 0.150 e. The first-order chi connectivity index (χ1) is 14.9. The van der Waals surface area contributed by atoms with E-state index in [9.17, 15) is 9.90 Å². The summed E-state index contributed by atoms with van der Waals surface area (Å²) in [5.41, 5.74) is 1.40. The molecular weight excluding hydrogens is 384 g/mol. The van der Waals surface area contributed by atoms with Crippen molar-refractivity contribution in [1.82, 2.24) is 10.2 Å². The highest BCUT2D eigenvalue weighted by Crippen LogP contribution is 2.55. The van der Waals surface area contributed by atoms with Crippen LogP contribution in [-0.2, 0) is 0 Å². The number of carbonyl (C=O) groups excluding carboxylic acids is 1. The Balaban J connectivity index is 1.22. The summed E-state index contributed by atoms with van der Waals surface area (Å²) in [4.78, 5) is 13.3. The van der Waals surface area contributed by atoms with Gasteiger partial charge in [0.25, 0.3) is 0 Å². The normalized spacial score (nSPS) is 42.3. The summed E-state index contributed by atoms with van der Waals surface area (Å²) in [7, 11) is 0. The predicted octanol–water partition coefficient (Wildman–Crippen LogP) is 4.58. The maximum absolute atomic E-state index is 11.4. The van der Waals surface area contributed by atoms with E-state index in [1.54, 1.807) is 0 Å². The number of nitrogens with zero attached hydrogens (tertiary/aromatic N) is 1. The average molecular weight is 425 g/mol. The second kappa shape index (κ2) is 8.28. The second-order valence-corrected chi connectivity index (χ2v) is 11.5. The number of nitrogens with one attached hydrogen (secondary N) is 1. The van der Waals surface area contributed by atoms with E-state index in [0.717, 1.165) is 42.6 Å². The zero-order valence-electron chi connectivity index (χ0n) is 19.5. The van der Waals surface area contributed by atoms with Crippen LogP contribution >= 0.6 is 0 Å². The topological polar surface area (TPSA) is 52.3 Å². The van der Waals surface area contributed by atoms with E-state index < -0.39 is 5.72 Å². The van der Waals surface area contributed by atoms with Crippen LogP contribution in [0.25, 0.3) is 0 Å². The van der Waals surface area contributed by atoms with Gasteiger partial charge in [0.05, 0.1) is 0 Å². The van der Waals surface area contributed by atoms with Crippen LogP contribution in [0.15, 0.2) is 24.3 Å². The fourth-order valence-electron chi connectivity index (χ4n) is 7.22. The summed E-state index contributed by atoms with van der Waals surface area (Å²) < 4.78 is 0. The Hall–Kier alpha value is -1.23. The Morgan fingerprint density at radius 1 is 1.13 bits per heavy atom. The van der Waals surface area contributed by atoms with Crippen LogP contribution in [0.5, 0.6) is 0 Å². The third kappa shape index (κ3) is 4.00. The fourth-order valence-corrected chi connectivity index (χ4v) is 7.22. The van der Waals surface area contributed by atoms with Crippen molar-refractivity contribution in [2.45, 2.75) is 95.5 Å². The van der Waals surface area contributed by atoms with Crippen molar-refractivity contribution in [1.29, 1.82) is 0 Å². The van der Waals surface area contributed by atoms with Gasteiger partial charge in [-0.1, -0.05) is 57.9 Å². The number of benzene rings is 1. The number of carbonyl (C=O) groups is 1. The Morgan fingerprint density at radius 2 is 1.90 bits per heavy atom. The fraction of sp³-hybridized carbons (Fsp3) is 0.741. The lowest BCUT2D eigenvalue weighted by Crippen LogP contribution is -2.51. The van der Waals surface area contributed by atoms with Gasteiger partial charge in [0.2, 0.25) is 0 Å². The van der Waals surface area contributed by atoms with Gasteiger partial charge in [-0.2, -0.15) is 0 Å². The molecule has 4 fully saturated rings. The van der Waals surface area contributed by atoms with Crippen LogP contribution < -0.4 is 5.32 Å². The standard InChI is InChI=1S/C27H40N2O2/c1-17(2)4-5-20-12-22-10-11-24(28-25(22)13-20)23-14-26(29-16-27(23,29)31)18(3)21-8-6-19(15-30)7-9-21/h6-9,15,17-18,20,22-26,28,31H,4-5,10-14,16H2,1-3H3/t18-,20-,22-,23+,24-,25+,26-,27+,29?/m1/s1. The zero-order valence-corrected chi connectivity index (χ0v) is 19.5. The van der Waals surface area contributed by atoms with Crippen LogP contribution in [0.4, 0.5) is 0 Å². The molecule has 0 radical (unpaired) electrons. The number of fused-ring (bicyclic) bond motifs is 2. The van der Waals surface area contributed by atoms with Crippen molar-refractivity contribution in [3.63, 3.8) is 0 Å². The van der Waals surface area contributed by atoms with Crippen molar-refractivity contribution in [2.24, 2.45) is 23.7 Å². The molecule has 4 heteroatoms. The number of rotatable bonds is 7. The molecule has 0 bridgehead atoms. The molecule has 0 spiro atoms. The predicted molar refractivity (Wildman–Crippen MR) is 124 cm³/mol. The summed E-state index contributed by atoms with van der Waals surface area (Å²) >= 11 is 0. The van der Waals surface area contributed by atoms with E-state index in [4.69, 9.17) is 0 Å². The molecule has 3 saturated heterocycles. The van der Waals surface area contributed by atoms with E-state index >= 15 is 0 Å².